The van der Waals surface area contributed by atoms with Gasteiger partial charge in [0.15, 0.2) is 0 Å². The Balaban J connectivity index is 2.00. The molecule has 2 aromatic carbocycles. The van der Waals surface area contributed by atoms with Crippen LogP contribution in [-0.2, 0) is 10.0 Å². The van der Waals surface area contributed by atoms with Crippen LogP contribution in [0, 0.1) is 13.8 Å². The Labute approximate surface area is 166 Å². The first-order valence-electron chi connectivity index (χ1n) is 9.11. The maximum Gasteiger partial charge on any atom is 0.241 e. The predicted molar refractivity (Wildman–Crippen MR) is 108 cm³/mol. The van der Waals surface area contributed by atoms with Crippen LogP contribution in [0.3, 0.4) is 0 Å². The summed E-state index contributed by atoms with van der Waals surface area (Å²) >= 11 is 0. The van der Waals surface area contributed by atoms with Gasteiger partial charge >= 0.3 is 0 Å². The van der Waals surface area contributed by atoms with Crippen LogP contribution in [0.15, 0.2) is 35.2 Å². The Morgan fingerprint density at radius 2 is 1.79 bits per heavy atom. The van der Waals surface area contributed by atoms with Crippen LogP contribution < -0.4 is 18.9 Å². The average molecular weight is 406 g/mol. The van der Waals surface area contributed by atoms with Crippen LogP contribution in [0.5, 0.6) is 17.2 Å². The van der Waals surface area contributed by atoms with Crippen molar-refractivity contribution >= 4 is 10.0 Å². The summed E-state index contributed by atoms with van der Waals surface area (Å²) in [6.45, 7) is 7.48. The fourth-order valence-electron chi connectivity index (χ4n) is 3.59. The quantitative estimate of drug-likeness (QED) is 0.817. The van der Waals surface area contributed by atoms with Crippen LogP contribution in [0.2, 0.25) is 0 Å². The van der Waals surface area contributed by atoms with Gasteiger partial charge < -0.3 is 14.2 Å². The van der Waals surface area contributed by atoms with E-state index < -0.39 is 21.7 Å². The lowest BCUT2D eigenvalue weighted by atomic mass is 9.90. The van der Waals surface area contributed by atoms with Gasteiger partial charge in [0.2, 0.25) is 10.0 Å². The molecule has 7 heteroatoms. The van der Waals surface area contributed by atoms with Crippen molar-refractivity contribution in [1.82, 2.24) is 4.72 Å². The largest absolute Gasteiger partial charge is 0.497 e. The first-order chi connectivity index (χ1) is 13.1. The lowest BCUT2D eigenvalue weighted by Gasteiger charge is -2.38. The lowest BCUT2D eigenvalue weighted by Crippen LogP contribution is -2.41. The molecule has 1 heterocycles. The number of rotatable bonds is 5. The van der Waals surface area contributed by atoms with Gasteiger partial charge in [0.05, 0.1) is 25.2 Å². The maximum absolute atomic E-state index is 13.2. The first kappa shape index (κ1) is 20.5. The molecule has 2 aromatic rings. The van der Waals surface area contributed by atoms with Crippen LogP contribution >= 0.6 is 0 Å². The molecule has 152 valence electrons. The Hall–Kier alpha value is -2.25. The van der Waals surface area contributed by atoms with Gasteiger partial charge in [0.1, 0.15) is 22.8 Å². The summed E-state index contributed by atoms with van der Waals surface area (Å²) in [6, 6.07) is 8.44. The molecule has 0 bridgehead atoms. The predicted octanol–water partition coefficient (Wildman–Crippen LogP) is 3.90. The molecule has 1 N–H and O–H groups in total. The fourth-order valence-corrected chi connectivity index (χ4v) is 5.11. The fraction of sp³-hybridized carbons (Fsp3) is 0.429. The van der Waals surface area contributed by atoms with E-state index in [4.69, 9.17) is 14.2 Å². The van der Waals surface area contributed by atoms with Crippen molar-refractivity contribution in [3.63, 3.8) is 0 Å². The zero-order chi connectivity index (χ0) is 20.7. The summed E-state index contributed by atoms with van der Waals surface area (Å²) in [5.74, 6) is 1.96. The zero-order valence-electron chi connectivity index (χ0n) is 17.1. The number of aryl methyl sites for hydroxylation is 2. The van der Waals surface area contributed by atoms with Gasteiger partial charge in [-0.05, 0) is 57.0 Å². The maximum atomic E-state index is 13.2. The minimum atomic E-state index is -3.74. The monoisotopic (exact) mass is 405 g/mol. The molecule has 0 radical (unpaired) electrons. The Morgan fingerprint density at radius 3 is 2.43 bits per heavy atom. The number of fused-ring (bicyclic) bond motifs is 1. The number of nitrogens with one attached hydrogen (secondary N) is 1. The van der Waals surface area contributed by atoms with Crippen LogP contribution in [0.1, 0.15) is 43.0 Å². The Kier molecular flexibility index (Phi) is 5.34. The second kappa shape index (κ2) is 7.29. The van der Waals surface area contributed by atoms with Crippen LogP contribution in [0.25, 0.3) is 0 Å². The van der Waals surface area contributed by atoms with Gasteiger partial charge in [-0.25, -0.2) is 13.1 Å². The molecule has 1 aliphatic rings. The number of benzene rings is 2. The van der Waals surface area contributed by atoms with E-state index in [1.165, 1.54) is 0 Å². The highest BCUT2D eigenvalue weighted by atomic mass is 32.2. The third kappa shape index (κ3) is 3.95. The summed E-state index contributed by atoms with van der Waals surface area (Å²) in [5, 5.41) is 0. The molecule has 3 rings (SSSR count). The first-order valence-corrected chi connectivity index (χ1v) is 10.6. The normalized spacial score (nSPS) is 18.1. The third-order valence-corrected chi connectivity index (χ3v) is 6.57. The minimum absolute atomic E-state index is 0.255. The van der Waals surface area contributed by atoms with Crippen molar-refractivity contribution in [1.29, 1.82) is 0 Å². The molecule has 0 saturated heterocycles. The van der Waals surface area contributed by atoms with Crippen LogP contribution in [0.4, 0.5) is 0 Å². The van der Waals surface area contributed by atoms with Gasteiger partial charge in [0.25, 0.3) is 0 Å². The SMILES string of the molecule is COc1ccc2c(c1)OC(C)(C)C[C@H]2NS(=O)(=O)c1cc(C)c(OC)cc1C. The highest BCUT2D eigenvalue weighted by molar-refractivity contribution is 7.89. The second-order valence-electron chi connectivity index (χ2n) is 7.73. The van der Waals surface area contributed by atoms with Crippen molar-refractivity contribution in [3.8, 4) is 17.2 Å². The van der Waals surface area contributed by atoms with Crippen molar-refractivity contribution in [2.24, 2.45) is 0 Å². The molecule has 0 aliphatic carbocycles. The summed E-state index contributed by atoms with van der Waals surface area (Å²) in [4.78, 5) is 0.255. The summed E-state index contributed by atoms with van der Waals surface area (Å²) in [7, 11) is -0.578. The number of sulfonamides is 1. The van der Waals surface area contributed by atoms with E-state index in [0.717, 1.165) is 11.1 Å². The molecular formula is C21H27NO5S. The summed E-state index contributed by atoms with van der Waals surface area (Å²) < 4.78 is 45.9. The van der Waals surface area contributed by atoms with Gasteiger partial charge in [-0.2, -0.15) is 0 Å². The lowest BCUT2D eigenvalue weighted by molar-refractivity contribution is 0.0699. The second-order valence-corrected chi connectivity index (χ2v) is 9.41. The molecule has 0 saturated carbocycles. The molecular weight excluding hydrogens is 378 g/mol. The molecule has 1 atom stereocenters. The topological polar surface area (TPSA) is 73.9 Å². The van der Waals surface area contributed by atoms with E-state index in [2.05, 4.69) is 4.72 Å². The number of ether oxygens (including phenoxy) is 3. The third-order valence-electron chi connectivity index (χ3n) is 4.96. The van der Waals surface area contributed by atoms with E-state index in [0.29, 0.717) is 29.2 Å². The molecule has 6 nitrogen and oxygen atoms in total. The summed E-state index contributed by atoms with van der Waals surface area (Å²) in [6.07, 6.45) is 0.514. The van der Waals surface area contributed by atoms with E-state index in [1.54, 1.807) is 39.3 Å². The standard InChI is InChI=1S/C21H27NO5S/c1-13-10-20(14(2)9-18(13)26-6)28(23,24)22-17-12-21(3,4)27-19-11-15(25-5)7-8-16(17)19/h7-11,17,22H,12H2,1-6H3/t17-/m1/s1. The Bertz CT molecular complexity index is 998. The van der Waals surface area contributed by atoms with E-state index >= 15 is 0 Å². The smallest absolute Gasteiger partial charge is 0.241 e. The number of methoxy groups -OCH3 is 2. The molecule has 28 heavy (non-hydrogen) atoms. The molecule has 1 aliphatic heterocycles. The highest BCUT2D eigenvalue weighted by Crippen LogP contribution is 2.42. The van der Waals surface area contributed by atoms with Crippen LogP contribution in [-0.4, -0.2) is 28.2 Å². The summed E-state index contributed by atoms with van der Waals surface area (Å²) in [5.41, 5.74) is 1.69. The highest BCUT2D eigenvalue weighted by Gasteiger charge is 2.36. The van der Waals surface area contributed by atoms with Crippen molar-refractivity contribution in [2.75, 3.05) is 14.2 Å². The van der Waals surface area contributed by atoms with Crippen molar-refractivity contribution in [2.45, 2.75) is 50.7 Å². The van der Waals surface area contributed by atoms with E-state index in [9.17, 15) is 8.42 Å². The number of hydrogen-bond acceptors (Lipinski definition) is 5. The van der Waals surface area contributed by atoms with Gasteiger partial charge in [-0.15, -0.1) is 0 Å². The number of hydrogen-bond donors (Lipinski definition) is 1. The van der Waals surface area contributed by atoms with E-state index in [-0.39, 0.29) is 4.90 Å². The van der Waals surface area contributed by atoms with Crippen molar-refractivity contribution < 1.29 is 22.6 Å². The molecule has 0 aromatic heterocycles. The average Bonchev–Trinajstić information content (AvgIpc) is 2.61. The Morgan fingerprint density at radius 1 is 1.07 bits per heavy atom. The minimum Gasteiger partial charge on any atom is -0.497 e. The molecule has 0 spiro atoms. The van der Waals surface area contributed by atoms with E-state index in [1.807, 2.05) is 32.9 Å². The molecule has 0 amide bonds. The van der Waals surface area contributed by atoms with Gasteiger partial charge in [-0.3, -0.25) is 0 Å². The van der Waals surface area contributed by atoms with Gasteiger partial charge in [-0.1, -0.05) is 6.07 Å². The molecule has 0 unspecified atom stereocenters. The van der Waals surface area contributed by atoms with Gasteiger partial charge in [0, 0.05) is 18.1 Å². The molecule has 0 fully saturated rings. The van der Waals surface area contributed by atoms with Crippen molar-refractivity contribution in [3.05, 3.63) is 47.0 Å². The zero-order valence-corrected chi connectivity index (χ0v) is 17.9.